The van der Waals surface area contributed by atoms with E-state index in [1.165, 1.54) is 38.1 Å². The van der Waals surface area contributed by atoms with E-state index >= 15 is 0 Å². The minimum atomic E-state index is -3.96. The zero-order valence-electron chi connectivity index (χ0n) is 17.9. The second kappa shape index (κ2) is 11.2. The second-order valence-corrected chi connectivity index (χ2v) is 11.2. The van der Waals surface area contributed by atoms with Gasteiger partial charge < -0.3 is 10.6 Å². The number of carbonyl (C=O) groups excluding carboxylic acids is 2. The van der Waals surface area contributed by atoms with Gasteiger partial charge in [-0.3, -0.25) is 9.59 Å². The predicted molar refractivity (Wildman–Crippen MR) is 122 cm³/mol. The summed E-state index contributed by atoms with van der Waals surface area (Å²) in [6, 6.07) is 13.3. The Kier molecular flexibility index (Phi) is 8.93. The average molecular weight is 482 g/mol. The molecule has 0 heterocycles. The highest BCUT2D eigenvalue weighted by atomic mass is 32.2. The summed E-state index contributed by atoms with van der Waals surface area (Å²) >= 11 is 0. The molecule has 174 valence electrons. The van der Waals surface area contributed by atoms with Crippen LogP contribution in [0, 0.1) is 0 Å². The summed E-state index contributed by atoms with van der Waals surface area (Å²) in [6.07, 6.45) is 0.213. The number of amides is 2. The van der Waals surface area contributed by atoms with E-state index in [0.29, 0.717) is 11.3 Å². The van der Waals surface area contributed by atoms with Crippen LogP contribution in [0.2, 0.25) is 0 Å². The van der Waals surface area contributed by atoms with Crippen molar-refractivity contribution in [3.8, 4) is 0 Å². The molecule has 1 atom stereocenters. The van der Waals surface area contributed by atoms with E-state index in [9.17, 15) is 26.4 Å². The van der Waals surface area contributed by atoms with E-state index in [2.05, 4.69) is 15.4 Å². The molecule has 32 heavy (non-hydrogen) atoms. The molecule has 0 aliphatic rings. The van der Waals surface area contributed by atoms with Crippen molar-refractivity contribution in [3.05, 3.63) is 60.2 Å². The van der Waals surface area contributed by atoms with Crippen molar-refractivity contribution < 1.29 is 26.4 Å². The Balaban J connectivity index is 1.81. The number of hydrogen-bond acceptors (Lipinski definition) is 6. The summed E-state index contributed by atoms with van der Waals surface area (Å²) in [7, 11) is -7.28. The van der Waals surface area contributed by atoms with Gasteiger partial charge in [0, 0.05) is 19.2 Å². The van der Waals surface area contributed by atoms with Crippen LogP contribution in [-0.2, 0) is 35.2 Å². The van der Waals surface area contributed by atoms with Crippen molar-refractivity contribution in [2.45, 2.75) is 37.0 Å². The Labute approximate surface area is 188 Å². The molecule has 0 aromatic heterocycles. The molecule has 0 unspecified atom stereocenters. The minimum absolute atomic E-state index is 0.0572. The molecule has 11 heteroatoms. The molecular formula is C21H27N3O6S2. The Hall–Kier alpha value is -2.76. The smallest absolute Gasteiger partial charge is 0.241 e. The number of sulfonamides is 1. The third kappa shape index (κ3) is 8.40. The SMILES string of the molecule is CC(=O)Nc1ccc(S(=O)(=O)N[C@@H](C)C(=O)NCCCS(=O)(=O)Cc2ccccc2)cc1. The number of nitrogens with one attached hydrogen (secondary N) is 3. The Bertz CT molecular complexity index is 1130. The van der Waals surface area contributed by atoms with Crippen molar-refractivity contribution in [2.24, 2.45) is 0 Å². The van der Waals surface area contributed by atoms with Gasteiger partial charge in [-0.1, -0.05) is 30.3 Å². The lowest BCUT2D eigenvalue weighted by Crippen LogP contribution is -2.45. The third-order valence-electron chi connectivity index (χ3n) is 4.37. The first-order valence-corrected chi connectivity index (χ1v) is 13.2. The fraction of sp³-hybridized carbons (Fsp3) is 0.333. The Morgan fingerprint density at radius 1 is 0.938 bits per heavy atom. The molecule has 0 spiro atoms. The van der Waals surface area contributed by atoms with Crippen LogP contribution < -0.4 is 15.4 Å². The first-order chi connectivity index (χ1) is 15.0. The standard InChI is InChI=1S/C21H27N3O6S2/c1-16(24-32(29,30)20-11-9-19(10-12-20)23-17(2)25)21(26)22-13-6-14-31(27,28)15-18-7-4-3-5-8-18/h3-5,7-12,16,24H,6,13-15H2,1-2H3,(H,22,26)(H,23,25)/t16-/m0/s1. The fourth-order valence-electron chi connectivity index (χ4n) is 2.83. The van der Waals surface area contributed by atoms with Gasteiger partial charge in [0.05, 0.1) is 22.4 Å². The van der Waals surface area contributed by atoms with Gasteiger partial charge in [0.25, 0.3) is 0 Å². The average Bonchev–Trinajstić information content (AvgIpc) is 2.71. The van der Waals surface area contributed by atoms with Gasteiger partial charge in [-0.25, -0.2) is 16.8 Å². The van der Waals surface area contributed by atoms with Crippen molar-refractivity contribution >= 4 is 37.4 Å². The monoisotopic (exact) mass is 481 g/mol. The van der Waals surface area contributed by atoms with Crippen LogP contribution in [-0.4, -0.2) is 47.0 Å². The van der Waals surface area contributed by atoms with E-state index < -0.39 is 31.8 Å². The molecule has 0 saturated heterocycles. The van der Waals surface area contributed by atoms with Gasteiger partial charge in [0.2, 0.25) is 21.8 Å². The molecule has 0 radical (unpaired) electrons. The topological polar surface area (TPSA) is 139 Å². The van der Waals surface area contributed by atoms with Gasteiger partial charge in [-0.15, -0.1) is 0 Å². The van der Waals surface area contributed by atoms with Crippen LogP contribution in [0.25, 0.3) is 0 Å². The summed E-state index contributed by atoms with van der Waals surface area (Å²) in [6.45, 7) is 2.83. The van der Waals surface area contributed by atoms with E-state index in [1.807, 2.05) is 6.07 Å². The number of rotatable bonds is 11. The van der Waals surface area contributed by atoms with E-state index in [1.54, 1.807) is 24.3 Å². The fourth-order valence-corrected chi connectivity index (χ4v) is 5.46. The molecular weight excluding hydrogens is 454 g/mol. The van der Waals surface area contributed by atoms with Crippen LogP contribution >= 0.6 is 0 Å². The molecule has 2 rings (SSSR count). The molecule has 0 bridgehead atoms. The Morgan fingerprint density at radius 3 is 2.16 bits per heavy atom. The van der Waals surface area contributed by atoms with Crippen LogP contribution in [0.1, 0.15) is 25.8 Å². The maximum atomic E-state index is 12.5. The van der Waals surface area contributed by atoms with Crippen molar-refractivity contribution in [3.63, 3.8) is 0 Å². The van der Waals surface area contributed by atoms with Crippen LogP contribution in [0.5, 0.6) is 0 Å². The number of sulfone groups is 1. The summed E-state index contributed by atoms with van der Waals surface area (Å²) in [4.78, 5) is 23.2. The molecule has 2 amide bonds. The molecule has 2 aromatic carbocycles. The van der Waals surface area contributed by atoms with Crippen LogP contribution in [0.3, 0.4) is 0 Å². The molecule has 2 aromatic rings. The quantitative estimate of drug-likeness (QED) is 0.415. The molecule has 3 N–H and O–H groups in total. The lowest BCUT2D eigenvalue weighted by atomic mass is 10.2. The molecule has 0 aliphatic carbocycles. The number of carbonyl (C=O) groups is 2. The van der Waals surface area contributed by atoms with E-state index in [-0.39, 0.29) is 35.3 Å². The molecule has 0 aliphatic heterocycles. The van der Waals surface area contributed by atoms with Gasteiger partial charge in [0.15, 0.2) is 9.84 Å². The maximum Gasteiger partial charge on any atom is 0.241 e. The third-order valence-corrected chi connectivity index (χ3v) is 7.61. The summed E-state index contributed by atoms with van der Waals surface area (Å²) < 4.78 is 51.5. The van der Waals surface area contributed by atoms with E-state index in [4.69, 9.17) is 0 Å². The van der Waals surface area contributed by atoms with Gasteiger partial charge >= 0.3 is 0 Å². The summed E-state index contributed by atoms with van der Waals surface area (Å²) in [5.41, 5.74) is 1.15. The van der Waals surface area contributed by atoms with E-state index in [0.717, 1.165) is 0 Å². The highest BCUT2D eigenvalue weighted by Crippen LogP contribution is 2.14. The lowest BCUT2D eigenvalue weighted by Gasteiger charge is -2.15. The number of hydrogen-bond donors (Lipinski definition) is 3. The largest absolute Gasteiger partial charge is 0.355 e. The zero-order valence-corrected chi connectivity index (χ0v) is 19.5. The normalized spacial score (nSPS) is 12.7. The molecule has 9 nitrogen and oxygen atoms in total. The maximum absolute atomic E-state index is 12.5. The first-order valence-electron chi connectivity index (χ1n) is 9.90. The number of benzene rings is 2. The zero-order chi connectivity index (χ0) is 23.8. The van der Waals surface area contributed by atoms with Gasteiger partial charge in [0.1, 0.15) is 0 Å². The van der Waals surface area contributed by atoms with Crippen molar-refractivity contribution in [2.75, 3.05) is 17.6 Å². The Morgan fingerprint density at radius 2 is 1.56 bits per heavy atom. The molecule has 0 fully saturated rings. The first kappa shape index (κ1) is 25.5. The van der Waals surface area contributed by atoms with Crippen LogP contribution in [0.4, 0.5) is 5.69 Å². The van der Waals surface area contributed by atoms with Gasteiger partial charge in [-0.05, 0) is 43.2 Å². The van der Waals surface area contributed by atoms with Crippen LogP contribution in [0.15, 0.2) is 59.5 Å². The van der Waals surface area contributed by atoms with Crippen molar-refractivity contribution in [1.29, 1.82) is 0 Å². The molecule has 0 saturated carbocycles. The minimum Gasteiger partial charge on any atom is -0.355 e. The number of anilines is 1. The van der Waals surface area contributed by atoms with Gasteiger partial charge in [-0.2, -0.15) is 4.72 Å². The highest BCUT2D eigenvalue weighted by molar-refractivity contribution is 7.90. The highest BCUT2D eigenvalue weighted by Gasteiger charge is 2.22. The lowest BCUT2D eigenvalue weighted by molar-refractivity contribution is -0.122. The predicted octanol–water partition coefficient (Wildman–Crippen LogP) is 1.43. The van der Waals surface area contributed by atoms with Crippen molar-refractivity contribution in [1.82, 2.24) is 10.0 Å². The summed E-state index contributed by atoms with van der Waals surface area (Å²) in [5.74, 6) is -1.01. The second-order valence-electron chi connectivity index (χ2n) is 7.27. The summed E-state index contributed by atoms with van der Waals surface area (Å²) in [5, 5.41) is 5.08.